The summed E-state index contributed by atoms with van der Waals surface area (Å²) in [5.74, 6) is 0. The van der Waals surface area contributed by atoms with Crippen molar-refractivity contribution in [2.45, 2.75) is 44.1 Å². The van der Waals surface area contributed by atoms with E-state index in [4.69, 9.17) is 5.73 Å². The lowest BCUT2D eigenvalue weighted by molar-refractivity contribution is -0.0832. The van der Waals surface area contributed by atoms with E-state index in [2.05, 4.69) is 24.3 Å². The first-order valence-electron chi connectivity index (χ1n) is 8.76. The number of aliphatic hydroxyl groups is 1. The Kier molecular flexibility index (Phi) is 4.84. The molecule has 0 amide bonds. The first-order valence-corrected chi connectivity index (χ1v) is 8.76. The molecule has 0 unspecified atom stereocenters. The largest absolute Gasteiger partial charge is 0.380 e. The molecule has 1 aliphatic rings. The van der Waals surface area contributed by atoms with E-state index in [1.807, 2.05) is 36.4 Å². The highest BCUT2D eigenvalue weighted by molar-refractivity contribution is 5.39. The van der Waals surface area contributed by atoms with Crippen molar-refractivity contribution < 1.29 is 5.11 Å². The minimum absolute atomic E-state index is 0.178. The van der Waals surface area contributed by atoms with Gasteiger partial charge in [-0.25, -0.2) is 0 Å². The molecule has 0 saturated heterocycles. The Bertz CT molecular complexity index is 557. The van der Waals surface area contributed by atoms with Gasteiger partial charge in [0.05, 0.1) is 0 Å². The number of hydrogen-bond donors (Lipinski definition) is 2. The molecule has 3 N–H and O–H groups in total. The van der Waals surface area contributed by atoms with Gasteiger partial charge in [-0.05, 0) is 36.9 Å². The Hall–Kier alpha value is -1.64. The Morgan fingerprint density at radius 2 is 1.30 bits per heavy atom. The number of rotatable bonds is 5. The van der Waals surface area contributed by atoms with Gasteiger partial charge in [0.2, 0.25) is 0 Å². The quantitative estimate of drug-likeness (QED) is 0.868. The van der Waals surface area contributed by atoms with Gasteiger partial charge in [0.25, 0.3) is 0 Å². The van der Waals surface area contributed by atoms with Gasteiger partial charge in [0.15, 0.2) is 0 Å². The number of nitrogens with two attached hydrogens (primary N) is 1. The van der Waals surface area contributed by atoms with Crippen LogP contribution in [0.15, 0.2) is 60.7 Å². The molecule has 1 aliphatic carbocycles. The summed E-state index contributed by atoms with van der Waals surface area (Å²) in [5.41, 5.74) is 6.81. The third kappa shape index (κ3) is 2.82. The summed E-state index contributed by atoms with van der Waals surface area (Å²) in [6.45, 7) is 0.613. The van der Waals surface area contributed by atoms with Crippen LogP contribution in [0.1, 0.15) is 49.7 Å². The molecule has 0 aliphatic heterocycles. The minimum Gasteiger partial charge on any atom is -0.380 e. The van der Waals surface area contributed by atoms with Crippen LogP contribution in [-0.2, 0) is 5.60 Å². The van der Waals surface area contributed by atoms with Crippen LogP contribution in [0.4, 0.5) is 0 Å². The summed E-state index contributed by atoms with van der Waals surface area (Å²) in [6, 6.07) is 20.3. The van der Waals surface area contributed by atoms with Crippen LogP contribution in [0.2, 0.25) is 0 Å². The average molecular weight is 309 g/mol. The third-order valence-corrected chi connectivity index (χ3v) is 5.58. The van der Waals surface area contributed by atoms with Crippen molar-refractivity contribution in [3.8, 4) is 0 Å². The fourth-order valence-electron chi connectivity index (χ4n) is 4.44. The topological polar surface area (TPSA) is 46.2 Å². The molecule has 2 heteroatoms. The van der Waals surface area contributed by atoms with Crippen LogP contribution in [0.25, 0.3) is 0 Å². The standard InChI is InChI=1S/C21H27NO/c22-17-16-20(14-8-3-9-15-20)21(23,18-10-4-1-5-11-18)19-12-6-2-7-13-19/h1-2,4-7,10-13,23H,3,8-9,14-17,22H2. The monoisotopic (exact) mass is 309 g/mol. The van der Waals surface area contributed by atoms with Gasteiger partial charge in [0.1, 0.15) is 5.60 Å². The van der Waals surface area contributed by atoms with Crippen molar-refractivity contribution in [1.29, 1.82) is 0 Å². The smallest absolute Gasteiger partial charge is 0.120 e. The molecule has 2 aromatic rings. The highest BCUT2D eigenvalue weighted by Gasteiger charge is 2.51. The van der Waals surface area contributed by atoms with Crippen LogP contribution in [0.3, 0.4) is 0 Å². The lowest BCUT2D eigenvalue weighted by Gasteiger charge is -2.50. The van der Waals surface area contributed by atoms with Gasteiger partial charge in [0, 0.05) is 5.41 Å². The van der Waals surface area contributed by atoms with Gasteiger partial charge >= 0.3 is 0 Å². The SMILES string of the molecule is NCCC1(C(O)(c2ccccc2)c2ccccc2)CCCCC1. The predicted octanol–water partition coefficient (Wildman–Crippen LogP) is 4.22. The molecule has 1 saturated carbocycles. The van der Waals surface area contributed by atoms with Gasteiger partial charge in [-0.1, -0.05) is 79.9 Å². The van der Waals surface area contributed by atoms with Crippen molar-refractivity contribution in [2.75, 3.05) is 6.54 Å². The molecule has 0 aromatic heterocycles. The van der Waals surface area contributed by atoms with Crippen LogP contribution < -0.4 is 5.73 Å². The lowest BCUT2D eigenvalue weighted by atomic mass is 9.57. The maximum atomic E-state index is 12.1. The maximum absolute atomic E-state index is 12.1. The molecule has 2 nitrogen and oxygen atoms in total. The number of benzene rings is 2. The Labute approximate surface area is 139 Å². The fraction of sp³-hybridized carbons (Fsp3) is 0.429. The van der Waals surface area contributed by atoms with Crippen molar-refractivity contribution >= 4 is 0 Å². The fourth-order valence-corrected chi connectivity index (χ4v) is 4.44. The van der Waals surface area contributed by atoms with E-state index in [1.165, 1.54) is 19.3 Å². The summed E-state index contributed by atoms with van der Waals surface area (Å²) in [5, 5.41) is 12.1. The van der Waals surface area contributed by atoms with E-state index in [0.29, 0.717) is 6.54 Å². The van der Waals surface area contributed by atoms with Crippen LogP contribution in [-0.4, -0.2) is 11.7 Å². The van der Waals surface area contributed by atoms with Crippen molar-refractivity contribution in [3.63, 3.8) is 0 Å². The van der Waals surface area contributed by atoms with Gasteiger partial charge in [-0.3, -0.25) is 0 Å². The average Bonchev–Trinajstić information content (AvgIpc) is 2.63. The molecule has 122 valence electrons. The molecule has 23 heavy (non-hydrogen) atoms. The summed E-state index contributed by atoms with van der Waals surface area (Å²) >= 11 is 0. The zero-order chi connectivity index (χ0) is 16.2. The van der Waals surface area contributed by atoms with Crippen LogP contribution in [0, 0.1) is 5.41 Å². The Balaban J connectivity index is 2.18. The normalized spacial score (nSPS) is 17.8. The second kappa shape index (κ2) is 6.86. The highest BCUT2D eigenvalue weighted by atomic mass is 16.3. The zero-order valence-corrected chi connectivity index (χ0v) is 13.7. The highest BCUT2D eigenvalue weighted by Crippen LogP contribution is 2.55. The summed E-state index contributed by atoms with van der Waals surface area (Å²) in [6.07, 6.45) is 6.51. The molecular weight excluding hydrogens is 282 g/mol. The predicted molar refractivity (Wildman–Crippen MR) is 95.1 cm³/mol. The van der Waals surface area contributed by atoms with Crippen LogP contribution in [0.5, 0.6) is 0 Å². The molecule has 3 rings (SSSR count). The van der Waals surface area contributed by atoms with E-state index in [-0.39, 0.29) is 5.41 Å². The molecule has 0 radical (unpaired) electrons. The second-order valence-corrected chi connectivity index (χ2v) is 6.82. The van der Waals surface area contributed by atoms with Gasteiger partial charge in [-0.2, -0.15) is 0 Å². The van der Waals surface area contributed by atoms with E-state index < -0.39 is 5.60 Å². The lowest BCUT2D eigenvalue weighted by Crippen LogP contribution is -2.49. The van der Waals surface area contributed by atoms with E-state index in [1.54, 1.807) is 0 Å². The second-order valence-electron chi connectivity index (χ2n) is 6.82. The summed E-state index contributed by atoms with van der Waals surface area (Å²) in [7, 11) is 0. The zero-order valence-electron chi connectivity index (χ0n) is 13.7. The van der Waals surface area contributed by atoms with Gasteiger partial charge in [-0.15, -0.1) is 0 Å². The Morgan fingerprint density at radius 3 is 1.74 bits per heavy atom. The number of hydrogen-bond acceptors (Lipinski definition) is 2. The minimum atomic E-state index is -0.977. The summed E-state index contributed by atoms with van der Waals surface area (Å²) < 4.78 is 0. The van der Waals surface area contributed by atoms with Crippen molar-refractivity contribution in [3.05, 3.63) is 71.8 Å². The molecular formula is C21H27NO. The third-order valence-electron chi connectivity index (χ3n) is 5.58. The van der Waals surface area contributed by atoms with E-state index in [0.717, 1.165) is 30.4 Å². The molecule has 0 bridgehead atoms. The summed E-state index contributed by atoms with van der Waals surface area (Å²) in [4.78, 5) is 0. The first-order chi connectivity index (χ1) is 11.2. The maximum Gasteiger partial charge on any atom is 0.120 e. The molecule has 0 spiro atoms. The molecule has 0 atom stereocenters. The van der Waals surface area contributed by atoms with Gasteiger partial charge < -0.3 is 10.8 Å². The molecule has 1 fully saturated rings. The molecule has 2 aromatic carbocycles. The van der Waals surface area contributed by atoms with Crippen LogP contribution >= 0.6 is 0 Å². The first kappa shape index (κ1) is 16.2. The van der Waals surface area contributed by atoms with E-state index >= 15 is 0 Å². The Morgan fingerprint density at radius 1 is 0.826 bits per heavy atom. The van der Waals surface area contributed by atoms with Crippen molar-refractivity contribution in [2.24, 2.45) is 11.1 Å². The van der Waals surface area contributed by atoms with Crippen molar-refractivity contribution in [1.82, 2.24) is 0 Å². The van der Waals surface area contributed by atoms with E-state index in [9.17, 15) is 5.11 Å². The molecule has 0 heterocycles.